The smallest absolute Gasteiger partial charge is 0.123 e. The van der Waals surface area contributed by atoms with E-state index in [1.165, 1.54) is 36.8 Å². The Morgan fingerprint density at radius 3 is 2.83 bits per heavy atom. The van der Waals surface area contributed by atoms with Crippen molar-refractivity contribution >= 4 is 0 Å². The van der Waals surface area contributed by atoms with E-state index in [1.807, 2.05) is 0 Å². The zero-order valence-electron chi connectivity index (χ0n) is 11.7. The highest BCUT2D eigenvalue weighted by Crippen LogP contribution is 2.28. The number of rotatable bonds is 7. The maximum atomic E-state index is 5.99. The van der Waals surface area contributed by atoms with Crippen LogP contribution in [0.25, 0.3) is 0 Å². The Labute approximate surface area is 111 Å². The predicted molar refractivity (Wildman–Crippen MR) is 76.0 cm³/mol. The second-order valence-corrected chi connectivity index (χ2v) is 5.40. The molecule has 1 aliphatic rings. The Kier molecular flexibility index (Phi) is 5.06. The van der Waals surface area contributed by atoms with E-state index in [4.69, 9.17) is 4.74 Å². The van der Waals surface area contributed by atoms with Crippen LogP contribution < -0.4 is 10.1 Å². The van der Waals surface area contributed by atoms with E-state index >= 15 is 0 Å². The van der Waals surface area contributed by atoms with Crippen LogP contribution in [0.4, 0.5) is 0 Å². The molecule has 0 aromatic heterocycles. The summed E-state index contributed by atoms with van der Waals surface area (Å²) in [6, 6.07) is 6.50. The molecule has 2 rings (SSSR count). The summed E-state index contributed by atoms with van der Waals surface area (Å²) in [4.78, 5) is 0. The van der Waals surface area contributed by atoms with Gasteiger partial charge in [0.15, 0.2) is 0 Å². The summed E-state index contributed by atoms with van der Waals surface area (Å²) in [6.45, 7) is 7.20. The van der Waals surface area contributed by atoms with Crippen molar-refractivity contribution in [1.82, 2.24) is 5.32 Å². The summed E-state index contributed by atoms with van der Waals surface area (Å²) >= 11 is 0. The van der Waals surface area contributed by atoms with Crippen LogP contribution in [-0.4, -0.2) is 13.2 Å². The first kappa shape index (κ1) is 13.4. The number of nitrogens with one attached hydrogen (secondary N) is 1. The molecular weight excluding hydrogens is 222 g/mol. The molecule has 0 radical (unpaired) electrons. The van der Waals surface area contributed by atoms with Crippen LogP contribution in [0.2, 0.25) is 0 Å². The summed E-state index contributed by atoms with van der Waals surface area (Å²) in [5, 5.41) is 3.45. The average Bonchev–Trinajstić information content (AvgIpc) is 2.30. The van der Waals surface area contributed by atoms with E-state index in [1.54, 1.807) is 0 Å². The van der Waals surface area contributed by atoms with Crippen molar-refractivity contribution in [2.24, 2.45) is 5.92 Å². The third-order valence-electron chi connectivity index (χ3n) is 3.66. The summed E-state index contributed by atoms with van der Waals surface area (Å²) in [7, 11) is 0. The average molecular weight is 247 g/mol. The summed E-state index contributed by atoms with van der Waals surface area (Å²) < 4.78 is 5.99. The SMILES string of the molecule is CCCNCc1cc(C)ccc1OCC1CCC1. The van der Waals surface area contributed by atoms with Crippen LogP contribution >= 0.6 is 0 Å². The Morgan fingerprint density at radius 2 is 2.17 bits per heavy atom. The quantitative estimate of drug-likeness (QED) is 0.742. The number of benzene rings is 1. The van der Waals surface area contributed by atoms with Gasteiger partial charge in [-0.05, 0) is 44.7 Å². The fourth-order valence-corrected chi connectivity index (χ4v) is 2.25. The van der Waals surface area contributed by atoms with Crippen molar-refractivity contribution < 1.29 is 4.74 Å². The predicted octanol–water partition coefficient (Wildman–Crippen LogP) is 3.67. The summed E-state index contributed by atoms with van der Waals surface area (Å²) in [6.07, 6.45) is 5.24. The Hall–Kier alpha value is -1.02. The zero-order chi connectivity index (χ0) is 12.8. The third kappa shape index (κ3) is 3.74. The molecule has 1 aliphatic carbocycles. The van der Waals surface area contributed by atoms with Crippen molar-refractivity contribution in [3.8, 4) is 5.75 Å². The van der Waals surface area contributed by atoms with E-state index in [9.17, 15) is 0 Å². The Bertz CT molecular complexity index is 371. The van der Waals surface area contributed by atoms with Gasteiger partial charge in [-0.2, -0.15) is 0 Å². The molecule has 0 atom stereocenters. The van der Waals surface area contributed by atoms with Gasteiger partial charge in [0, 0.05) is 12.1 Å². The maximum Gasteiger partial charge on any atom is 0.123 e. The molecular formula is C16H25NO. The fourth-order valence-electron chi connectivity index (χ4n) is 2.25. The molecule has 18 heavy (non-hydrogen) atoms. The number of aryl methyl sites for hydroxylation is 1. The number of ether oxygens (including phenoxy) is 1. The van der Waals surface area contributed by atoms with Crippen LogP contribution in [-0.2, 0) is 6.54 Å². The van der Waals surface area contributed by atoms with E-state index in [0.717, 1.165) is 31.4 Å². The molecule has 2 nitrogen and oxygen atoms in total. The van der Waals surface area contributed by atoms with Crippen molar-refractivity contribution in [3.63, 3.8) is 0 Å². The molecule has 2 heteroatoms. The lowest BCUT2D eigenvalue weighted by Crippen LogP contribution is -2.20. The van der Waals surface area contributed by atoms with E-state index in [-0.39, 0.29) is 0 Å². The van der Waals surface area contributed by atoms with E-state index in [2.05, 4.69) is 37.4 Å². The fraction of sp³-hybridized carbons (Fsp3) is 0.625. The largest absolute Gasteiger partial charge is 0.493 e. The molecule has 1 aromatic carbocycles. The van der Waals surface area contributed by atoms with Crippen molar-refractivity contribution in [3.05, 3.63) is 29.3 Å². The molecule has 0 saturated heterocycles. The van der Waals surface area contributed by atoms with E-state index < -0.39 is 0 Å². The number of hydrogen-bond acceptors (Lipinski definition) is 2. The molecule has 1 aromatic rings. The molecule has 1 saturated carbocycles. The number of hydrogen-bond donors (Lipinski definition) is 1. The van der Waals surface area contributed by atoms with E-state index in [0.29, 0.717) is 0 Å². The minimum Gasteiger partial charge on any atom is -0.493 e. The third-order valence-corrected chi connectivity index (χ3v) is 3.66. The minimum absolute atomic E-state index is 0.794. The van der Waals surface area contributed by atoms with Gasteiger partial charge in [0.1, 0.15) is 5.75 Å². The molecule has 1 fully saturated rings. The highest BCUT2D eigenvalue weighted by molar-refractivity contribution is 5.36. The van der Waals surface area contributed by atoms with Gasteiger partial charge in [0.05, 0.1) is 6.61 Å². The zero-order valence-corrected chi connectivity index (χ0v) is 11.7. The van der Waals surface area contributed by atoms with Gasteiger partial charge in [-0.3, -0.25) is 0 Å². The first-order chi connectivity index (χ1) is 8.79. The van der Waals surface area contributed by atoms with Crippen LogP contribution in [0.3, 0.4) is 0 Å². The lowest BCUT2D eigenvalue weighted by Gasteiger charge is -2.25. The van der Waals surface area contributed by atoms with Crippen molar-refractivity contribution in [2.75, 3.05) is 13.2 Å². The van der Waals surface area contributed by atoms with Crippen molar-refractivity contribution in [2.45, 2.75) is 46.1 Å². The minimum atomic E-state index is 0.794. The van der Waals surface area contributed by atoms with Gasteiger partial charge in [-0.1, -0.05) is 31.0 Å². The van der Waals surface area contributed by atoms with Gasteiger partial charge in [-0.15, -0.1) is 0 Å². The first-order valence-corrected chi connectivity index (χ1v) is 7.22. The summed E-state index contributed by atoms with van der Waals surface area (Å²) in [5.74, 6) is 1.86. The van der Waals surface area contributed by atoms with Gasteiger partial charge < -0.3 is 10.1 Å². The molecule has 0 bridgehead atoms. The molecule has 0 spiro atoms. The Balaban J connectivity index is 1.92. The van der Waals surface area contributed by atoms with Gasteiger partial charge in [-0.25, -0.2) is 0 Å². The molecule has 1 N–H and O–H groups in total. The van der Waals surface area contributed by atoms with Crippen LogP contribution in [0.5, 0.6) is 5.75 Å². The Morgan fingerprint density at radius 1 is 1.33 bits per heavy atom. The topological polar surface area (TPSA) is 21.3 Å². The maximum absolute atomic E-state index is 5.99. The van der Waals surface area contributed by atoms with Crippen molar-refractivity contribution in [1.29, 1.82) is 0 Å². The molecule has 0 unspecified atom stereocenters. The van der Waals surface area contributed by atoms with Crippen LogP contribution in [0.15, 0.2) is 18.2 Å². The summed E-state index contributed by atoms with van der Waals surface area (Å²) in [5.41, 5.74) is 2.60. The van der Waals surface area contributed by atoms with Gasteiger partial charge in [0.2, 0.25) is 0 Å². The second-order valence-electron chi connectivity index (χ2n) is 5.40. The second kappa shape index (κ2) is 6.79. The molecule has 0 heterocycles. The standard InChI is InChI=1S/C16H25NO/c1-3-9-17-11-15-10-13(2)7-8-16(15)18-12-14-5-4-6-14/h7-8,10,14,17H,3-6,9,11-12H2,1-2H3. The van der Waals surface area contributed by atoms with Gasteiger partial charge in [0.25, 0.3) is 0 Å². The molecule has 0 aliphatic heterocycles. The lowest BCUT2D eigenvalue weighted by atomic mass is 9.86. The molecule has 0 amide bonds. The molecule has 100 valence electrons. The first-order valence-electron chi connectivity index (χ1n) is 7.22. The highest BCUT2D eigenvalue weighted by atomic mass is 16.5. The van der Waals surface area contributed by atoms with Crippen LogP contribution in [0, 0.1) is 12.8 Å². The highest BCUT2D eigenvalue weighted by Gasteiger charge is 2.18. The van der Waals surface area contributed by atoms with Crippen LogP contribution in [0.1, 0.15) is 43.7 Å². The monoisotopic (exact) mass is 247 g/mol. The van der Waals surface area contributed by atoms with Gasteiger partial charge >= 0.3 is 0 Å². The normalized spacial score (nSPS) is 15.4. The lowest BCUT2D eigenvalue weighted by molar-refractivity contribution is 0.179.